The smallest absolute Gasteiger partial charge is 0.237 e. The Balaban J connectivity index is 0.00000176. The summed E-state index contributed by atoms with van der Waals surface area (Å²) in [5.41, 5.74) is -0.134. The molecule has 1 aliphatic heterocycles. The molecular formula is C17H31ClN2O2. The lowest BCUT2D eigenvalue weighted by Gasteiger charge is -2.59. The van der Waals surface area contributed by atoms with Gasteiger partial charge in [0.05, 0.1) is 11.6 Å². The fraction of sp³-hybridized carbons (Fsp3) is 0.941. The first-order valence-corrected chi connectivity index (χ1v) is 8.49. The van der Waals surface area contributed by atoms with Crippen molar-refractivity contribution in [2.75, 3.05) is 7.11 Å². The van der Waals surface area contributed by atoms with Crippen LogP contribution in [-0.4, -0.2) is 36.7 Å². The van der Waals surface area contributed by atoms with E-state index < -0.39 is 0 Å². The van der Waals surface area contributed by atoms with Gasteiger partial charge in [0, 0.05) is 24.6 Å². The first-order chi connectivity index (χ1) is 9.87. The van der Waals surface area contributed by atoms with Crippen LogP contribution < -0.4 is 10.6 Å². The number of nitrogens with one attached hydrogen (secondary N) is 2. The molecule has 3 rings (SSSR count). The van der Waals surface area contributed by atoms with Crippen LogP contribution >= 0.6 is 12.4 Å². The van der Waals surface area contributed by atoms with Crippen LogP contribution in [0, 0.1) is 11.3 Å². The van der Waals surface area contributed by atoms with Crippen LogP contribution in [0.4, 0.5) is 0 Å². The molecule has 5 unspecified atom stereocenters. The van der Waals surface area contributed by atoms with Crippen molar-refractivity contribution in [1.29, 1.82) is 0 Å². The average molecular weight is 331 g/mol. The minimum atomic E-state index is -0.123. The van der Waals surface area contributed by atoms with Crippen molar-refractivity contribution in [2.24, 2.45) is 11.3 Å². The summed E-state index contributed by atoms with van der Waals surface area (Å²) in [6, 6.07) is 0.816. The third kappa shape index (κ3) is 2.78. The molecule has 0 spiro atoms. The Morgan fingerprint density at radius 2 is 1.91 bits per heavy atom. The molecule has 1 saturated heterocycles. The third-order valence-corrected chi connectivity index (χ3v) is 6.77. The van der Waals surface area contributed by atoms with Crippen LogP contribution in [0.15, 0.2) is 0 Å². The predicted octanol–water partition coefficient (Wildman–Crippen LogP) is 2.65. The number of methoxy groups -OCH3 is 1. The third-order valence-electron chi connectivity index (χ3n) is 6.77. The highest BCUT2D eigenvalue weighted by Crippen LogP contribution is 2.51. The summed E-state index contributed by atoms with van der Waals surface area (Å²) < 4.78 is 5.64. The van der Waals surface area contributed by atoms with Crippen LogP contribution in [0.3, 0.4) is 0 Å². The van der Waals surface area contributed by atoms with E-state index in [1.165, 1.54) is 25.7 Å². The zero-order valence-corrected chi connectivity index (χ0v) is 15.1. The van der Waals surface area contributed by atoms with Gasteiger partial charge in [-0.05, 0) is 38.5 Å². The van der Waals surface area contributed by atoms with Gasteiger partial charge in [-0.15, -0.1) is 12.4 Å². The molecule has 2 saturated carbocycles. The fourth-order valence-corrected chi connectivity index (χ4v) is 4.52. The van der Waals surface area contributed by atoms with E-state index in [0.717, 1.165) is 12.8 Å². The number of hydrogen-bond donors (Lipinski definition) is 2. The van der Waals surface area contributed by atoms with Crippen molar-refractivity contribution >= 4 is 18.3 Å². The molecule has 2 aliphatic carbocycles. The van der Waals surface area contributed by atoms with Crippen molar-refractivity contribution in [3.63, 3.8) is 0 Å². The number of hydrogen-bond acceptors (Lipinski definition) is 3. The molecule has 5 atom stereocenters. The molecule has 3 fully saturated rings. The summed E-state index contributed by atoms with van der Waals surface area (Å²) in [6.45, 7) is 6.51. The van der Waals surface area contributed by atoms with Crippen LogP contribution in [0.1, 0.15) is 59.3 Å². The molecule has 1 amide bonds. The quantitative estimate of drug-likeness (QED) is 0.836. The number of rotatable bonds is 3. The second-order valence-corrected chi connectivity index (χ2v) is 8.03. The highest BCUT2D eigenvalue weighted by atomic mass is 35.5. The van der Waals surface area contributed by atoms with Crippen LogP contribution in [-0.2, 0) is 9.53 Å². The first kappa shape index (κ1) is 18.0. The Labute approximate surface area is 140 Å². The molecule has 5 heteroatoms. The van der Waals surface area contributed by atoms with Crippen molar-refractivity contribution in [1.82, 2.24) is 10.6 Å². The summed E-state index contributed by atoms with van der Waals surface area (Å²) in [5, 5.41) is 6.83. The number of fused-ring (bicyclic) bond motifs is 1. The highest BCUT2D eigenvalue weighted by Gasteiger charge is 2.58. The van der Waals surface area contributed by atoms with Crippen molar-refractivity contribution in [3.8, 4) is 0 Å². The van der Waals surface area contributed by atoms with E-state index in [2.05, 4.69) is 31.4 Å². The van der Waals surface area contributed by atoms with Crippen molar-refractivity contribution < 1.29 is 9.53 Å². The summed E-state index contributed by atoms with van der Waals surface area (Å²) in [5.74, 6) is 0.911. The standard InChI is InChI=1S/C17H30N2O2.ClH/c1-16(2)14(10-17(16,3)21-4)19-15(20)13-9-11-7-5-6-8-12(11)18-13;/h11-14,18H,5-10H2,1-4H3,(H,19,20);1H. The topological polar surface area (TPSA) is 50.4 Å². The van der Waals surface area contributed by atoms with E-state index in [-0.39, 0.29) is 41.4 Å². The summed E-state index contributed by atoms with van der Waals surface area (Å²) in [7, 11) is 1.77. The maximum absolute atomic E-state index is 12.6. The van der Waals surface area contributed by atoms with Gasteiger partial charge in [-0.25, -0.2) is 0 Å². The van der Waals surface area contributed by atoms with E-state index >= 15 is 0 Å². The Hall–Kier alpha value is -0.320. The van der Waals surface area contributed by atoms with Crippen LogP contribution in [0.25, 0.3) is 0 Å². The van der Waals surface area contributed by atoms with Gasteiger partial charge in [0.2, 0.25) is 5.91 Å². The van der Waals surface area contributed by atoms with Gasteiger partial charge < -0.3 is 15.4 Å². The molecule has 3 aliphatic rings. The SMILES string of the molecule is COC1(C)CC(NC(=O)C2CC3CCCCC3N2)C1(C)C.Cl. The summed E-state index contributed by atoms with van der Waals surface area (Å²) in [6.07, 6.45) is 7.10. The molecule has 2 N–H and O–H groups in total. The molecule has 1 heterocycles. The van der Waals surface area contributed by atoms with Crippen LogP contribution in [0.5, 0.6) is 0 Å². The molecule has 0 bridgehead atoms. The fourth-order valence-electron chi connectivity index (χ4n) is 4.52. The van der Waals surface area contributed by atoms with E-state index in [0.29, 0.717) is 12.0 Å². The number of halogens is 1. The average Bonchev–Trinajstić information content (AvgIpc) is 2.90. The first-order valence-electron chi connectivity index (χ1n) is 8.49. The Morgan fingerprint density at radius 1 is 1.23 bits per heavy atom. The highest BCUT2D eigenvalue weighted by molar-refractivity contribution is 5.85. The Kier molecular flexibility index (Phi) is 5.15. The van der Waals surface area contributed by atoms with Crippen LogP contribution in [0.2, 0.25) is 0 Å². The van der Waals surface area contributed by atoms with Crippen molar-refractivity contribution in [2.45, 2.75) is 83.0 Å². The second-order valence-electron chi connectivity index (χ2n) is 8.03. The summed E-state index contributed by atoms with van der Waals surface area (Å²) >= 11 is 0. The molecule has 4 nitrogen and oxygen atoms in total. The molecule has 0 radical (unpaired) electrons. The number of carbonyl (C=O) groups is 1. The Bertz CT molecular complexity index is 415. The lowest BCUT2D eigenvalue weighted by atomic mass is 9.56. The lowest BCUT2D eigenvalue weighted by molar-refractivity contribution is -0.182. The number of carbonyl (C=O) groups excluding carboxylic acids is 1. The minimum Gasteiger partial charge on any atom is -0.378 e. The van der Waals surface area contributed by atoms with Gasteiger partial charge in [0.1, 0.15) is 0 Å². The van der Waals surface area contributed by atoms with E-state index in [1.807, 2.05) is 0 Å². The van der Waals surface area contributed by atoms with Crippen molar-refractivity contribution in [3.05, 3.63) is 0 Å². The molecule has 128 valence electrons. The van der Waals surface area contributed by atoms with Gasteiger partial charge in [-0.2, -0.15) is 0 Å². The largest absolute Gasteiger partial charge is 0.378 e. The lowest BCUT2D eigenvalue weighted by Crippen LogP contribution is -2.69. The maximum atomic E-state index is 12.6. The van der Waals surface area contributed by atoms with E-state index in [4.69, 9.17) is 4.74 Å². The summed E-state index contributed by atoms with van der Waals surface area (Å²) in [4.78, 5) is 12.6. The molecule has 0 aromatic rings. The minimum absolute atomic E-state index is 0. The van der Waals surface area contributed by atoms with E-state index in [9.17, 15) is 4.79 Å². The zero-order chi connectivity index (χ0) is 15.3. The van der Waals surface area contributed by atoms with E-state index in [1.54, 1.807) is 7.11 Å². The van der Waals surface area contributed by atoms with Gasteiger partial charge in [0.25, 0.3) is 0 Å². The monoisotopic (exact) mass is 330 g/mol. The molecule has 0 aromatic carbocycles. The Morgan fingerprint density at radius 3 is 2.50 bits per heavy atom. The van der Waals surface area contributed by atoms with Gasteiger partial charge in [-0.1, -0.05) is 26.7 Å². The zero-order valence-electron chi connectivity index (χ0n) is 14.3. The normalized spacial score (nSPS) is 42.7. The maximum Gasteiger partial charge on any atom is 0.237 e. The van der Waals surface area contributed by atoms with Gasteiger partial charge in [-0.3, -0.25) is 4.79 Å². The number of amides is 1. The molecule has 0 aromatic heterocycles. The molecular weight excluding hydrogens is 300 g/mol. The van der Waals surface area contributed by atoms with Gasteiger partial charge in [0.15, 0.2) is 0 Å². The predicted molar refractivity (Wildman–Crippen MR) is 90.3 cm³/mol. The number of ether oxygens (including phenoxy) is 1. The van der Waals surface area contributed by atoms with Gasteiger partial charge >= 0.3 is 0 Å². The second kappa shape index (κ2) is 6.29. The molecule has 22 heavy (non-hydrogen) atoms.